The number of nitrogens with zero attached hydrogens (tertiary/aromatic N) is 1. The van der Waals surface area contributed by atoms with Crippen LogP contribution in [-0.2, 0) is 19.1 Å². The molecular weight excluding hydrogens is 214 g/mol. The van der Waals surface area contributed by atoms with Gasteiger partial charge in [0.15, 0.2) is 0 Å². The molecule has 6 heteroatoms. The SMILES string of the molecule is CC1CN(C(=O)COCC(=O)O)C(C)CO1. The quantitative estimate of drug-likeness (QED) is 0.720. The van der Waals surface area contributed by atoms with E-state index in [2.05, 4.69) is 0 Å². The summed E-state index contributed by atoms with van der Waals surface area (Å²) in [5.41, 5.74) is 0. The number of morpholine rings is 1. The van der Waals surface area contributed by atoms with Crippen molar-refractivity contribution in [1.82, 2.24) is 4.90 Å². The third-order valence-electron chi connectivity index (χ3n) is 2.38. The lowest BCUT2D eigenvalue weighted by atomic mass is 10.2. The summed E-state index contributed by atoms with van der Waals surface area (Å²) in [6, 6.07) is 0.0112. The monoisotopic (exact) mass is 231 g/mol. The average molecular weight is 231 g/mol. The highest BCUT2D eigenvalue weighted by Crippen LogP contribution is 2.11. The number of hydrogen-bond donors (Lipinski definition) is 1. The first-order valence-corrected chi connectivity index (χ1v) is 5.21. The second-order valence-corrected chi connectivity index (χ2v) is 3.93. The lowest BCUT2D eigenvalue weighted by Gasteiger charge is -2.36. The van der Waals surface area contributed by atoms with Gasteiger partial charge in [0, 0.05) is 6.54 Å². The van der Waals surface area contributed by atoms with Crippen molar-refractivity contribution in [3.05, 3.63) is 0 Å². The van der Waals surface area contributed by atoms with Crippen LogP contribution in [0, 0.1) is 0 Å². The zero-order valence-electron chi connectivity index (χ0n) is 9.51. The molecule has 0 aromatic carbocycles. The zero-order chi connectivity index (χ0) is 12.1. The number of rotatable bonds is 4. The molecule has 1 amide bonds. The van der Waals surface area contributed by atoms with Gasteiger partial charge >= 0.3 is 5.97 Å². The second kappa shape index (κ2) is 5.81. The van der Waals surface area contributed by atoms with Crippen LogP contribution >= 0.6 is 0 Å². The van der Waals surface area contributed by atoms with Gasteiger partial charge in [0.25, 0.3) is 0 Å². The van der Waals surface area contributed by atoms with Gasteiger partial charge in [-0.25, -0.2) is 4.79 Å². The van der Waals surface area contributed by atoms with Gasteiger partial charge in [-0.1, -0.05) is 0 Å². The Labute approximate surface area is 94.1 Å². The van der Waals surface area contributed by atoms with Crippen molar-refractivity contribution in [2.45, 2.75) is 26.0 Å². The minimum absolute atomic E-state index is 0.0112. The molecule has 1 aliphatic rings. The first-order valence-electron chi connectivity index (χ1n) is 5.21. The van der Waals surface area contributed by atoms with Crippen molar-refractivity contribution in [2.75, 3.05) is 26.4 Å². The van der Waals surface area contributed by atoms with Gasteiger partial charge in [0.05, 0.1) is 18.8 Å². The van der Waals surface area contributed by atoms with Crippen LogP contribution in [0.3, 0.4) is 0 Å². The molecule has 1 N–H and O–H groups in total. The van der Waals surface area contributed by atoms with Crippen LogP contribution in [0.1, 0.15) is 13.8 Å². The predicted octanol–water partition coefficient (Wildman–Crippen LogP) is -0.277. The Morgan fingerprint density at radius 3 is 2.75 bits per heavy atom. The number of carboxylic acids is 1. The van der Waals surface area contributed by atoms with E-state index in [-0.39, 0.29) is 24.7 Å². The lowest BCUT2D eigenvalue weighted by molar-refractivity contribution is -0.151. The molecule has 0 aromatic rings. The van der Waals surface area contributed by atoms with Crippen molar-refractivity contribution in [1.29, 1.82) is 0 Å². The number of amides is 1. The number of carbonyl (C=O) groups excluding carboxylic acids is 1. The van der Waals surface area contributed by atoms with E-state index in [4.69, 9.17) is 14.6 Å². The molecule has 0 aromatic heterocycles. The number of carboxylic acid groups (broad SMARTS) is 1. The summed E-state index contributed by atoms with van der Waals surface area (Å²) in [4.78, 5) is 23.6. The zero-order valence-corrected chi connectivity index (χ0v) is 9.51. The topological polar surface area (TPSA) is 76.1 Å². The molecule has 0 aliphatic carbocycles. The van der Waals surface area contributed by atoms with Gasteiger partial charge < -0.3 is 19.5 Å². The predicted molar refractivity (Wildman–Crippen MR) is 55.0 cm³/mol. The summed E-state index contributed by atoms with van der Waals surface area (Å²) in [6.45, 7) is 4.18. The Bertz CT molecular complexity index is 268. The average Bonchev–Trinajstić information content (AvgIpc) is 2.21. The van der Waals surface area contributed by atoms with E-state index in [1.807, 2.05) is 13.8 Å². The molecule has 1 heterocycles. The molecule has 0 radical (unpaired) electrons. The molecule has 1 fully saturated rings. The first-order chi connectivity index (χ1) is 7.50. The van der Waals surface area contributed by atoms with Crippen molar-refractivity contribution >= 4 is 11.9 Å². The van der Waals surface area contributed by atoms with Gasteiger partial charge in [0.1, 0.15) is 13.2 Å². The highest BCUT2D eigenvalue weighted by Gasteiger charge is 2.27. The Hall–Kier alpha value is -1.14. The standard InChI is InChI=1S/C10H17NO5/c1-7-4-16-8(2)3-11(7)9(12)5-15-6-10(13)14/h7-8H,3-6H2,1-2H3,(H,13,14). The van der Waals surface area contributed by atoms with Crippen LogP contribution < -0.4 is 0 Å². The van der Waals surface area contributed by atoms with E-state index < -0.39 is 12.6 Å². The van der Waals surface area contributed by atoms with Crippen molar-refractivity contribution in [2.24, 2.45) is 0 Å². The molecule has 0 bridgehead atoms. The van der Waals surface area contributed by atoms with Crippen molar-refractivity contribution in [3.8, 4) is 0 Å². The fourth-order valence-corrected chi connectivity index (χ4v) is 1.56. The molecule has 0 spiro atoms. The largest absolute Gasteiger partial charge is 0.480 e. The molecule has 16 heavy (non-hydrogen) atoms. The molecule has 0 saturated carbocycles. The maximum Gasteiger partial charge on any atom is 0.329 e. The molecular formula is C10H17NO5. The van der Waals surface area contributed by atoms with E-state index in [0.29, 0.717) is 13.2 Å². The molecule has 1 saturated heterocycles. The number of carbonyl (C=O) groups is 2. The summed E-state index contributed by atoms with van der Waals surface area (Å²) in [6.07, 6.45) is 0.0135. The highest BCUT2D eigenvalue weighted by atomic mass is 16.5. The molecule has 92 valence electrons. The third-order valence-corrected chi connectivity index (χ3v) is 2.38. The normalized spacial score (nSPS) is 25.5. The van der Waals surface area contributed by atoms with E-state index in [1.54, 1.807) is 4.90 Å². The number of aliphatic carboxylic acids is 1. The van der Waals surface area contributed by atoms with E-state index in [1.165, 1.54) is 0 Å². The van der Waals surface area contributed by atoms with Crippen LogP contribution in [0.4, 0.5) is 0 Å². The maximum atomic E-state index is 11.7. The van der Waals surface area contributed by atoms with Gasteiger partial charge in [-0.15, -0.1) is 0 Å². The Morgan fingerprint density at radius 1 is 1.44 bits per heavy atom. The molecule has 2 unspecified atom stereocenters. The van der Waals surface area contributed by atoms with E-state index >= 15 is 0 Å². The smallest absolute Gasteiger partial charge is 0.329 e. The van der Waals surface area contributed by atoms with Gasteiger partial charge in [0.2, 0.25) is 5.91 Å². The Balaban J connectivity index is 2.36. The van der Waals surface area contributed by atoms with Crippen LogP contribution in [0.5, 0.6) is 0 Å². The number of ether oxygens (including phenoxy) is 2. The minimum Gasteiger partial charge on any atom is -0.480 e. The summed E-state index contributed by atoms with van der Waals surface area (Å²) in [7, 11) is 0. The fourth-order valence-electron chi connectivity index (χ4n) is 1.56. The fraction of sp³-hybridized carbons (Fsp3) is 0.800. The first kappa shape index (κ1) is 12.9. The molecule has 1 aliphatic heterocycles. The van der Waals surface area contributed by atoms with Crippen LogP contribution in [-0.4, -0.2) is 60.4 Å². The van der Waals surface area contributed by atoms with Crippen molar-refractivity contribution in [3.63, 3.8) is 0 Å². The highest BCUT2D eigenvalue weighted by molar-refractivity contribution is 5.78. The third kappa shape index (κ3) is 3.79. The lowest BCUT2D eigenvalue weighted by Crippen LogP contribution is -2.51. The summed E-state index contributed by atoms with van der Waals surface area (Å²) >= 11 is 0. The van der Waals surface area contributed by atoms with Crippen LogP contribution in [0.15, 0.2) is 0 Å². The molecule has 1 rings (SSSR count). The second-order valence-electron chi connectivity index (χ2n) is 3.93. The minimum atomic E-state index is -1.07. The summed E-state index contributed by atoms with van der Waals surface area (Å²) in [5.74, 6) is -1.26. The van der Waals surface area contributed by atoms with Crippen molar-refractivity contribution < 1.29 is 24.2 Å². The van der Waals surface area contributed by atoms with Gasteiger partial charge in [-0.2, -0.15) is 0 Å². The van der Waals surface area contributed by atoms with Gasteiger partial charge in [-0.3, -0.25) is 4.79 Å². The Kier molecular flexibility index (Phi) is 4.70. The van der Waals surface area contributed by atoms with E-state index in [0.717, 1.165) is 0 Å². The van der Waals surface area contributed by atoms with Crippen LogP contribution in [0.25, 0.3) is 0 Å². The maximum absolute atomic E-state index is 11.7. The summed E-state index contributed by atoms with van der Waals surface area (Å²) in [5, 5.41) is 8.36. The Morgan fingerprint density at radius 2 is 2.12 bits per heavy atom. The van der Waals surface area contributed by atoms with Gasteiger partial charge in [-0.05, 0) is 13.8 Å². The molecule has 6 nitrogen and oxygen atoms in total. The van der Waals surface area contributed by atoms with E-state index in [9.17, 15) is 9.59 Å². The molecule has 2 atom stereocenters. The number of hydrogen-bond acceptors (Lipinski definition) is 4. The summed E-state index contributed by atoms with van der Waals surface area (Å²) < 4.78 is 10.1. The van der Waals surface area contributed by atoms with Crippen LogP contribution in [0.2, 0.25) is 0 Å².